The molecule has 3 atom stereocenters. The van der Waals surface area contributed by atoms with E-state index in [-0.39, 0.29) is 11.9 Å². The molecular formula is C43H53FO2. The van der Waals surface area contributed by atoms with E-state index in [9.17, 15) is 4.39 Å². The van der Waals surface area contributed by atoms with Crippen molar-refractivity contribution >= 4 is 0 Å². The predicted molar refractivity (Wildman–Crippen MR) is 188 cm³/mol. The highest BCUT2D eigenvalue weighted by Crippen LogP contribution is 2.42. The highest BCUT2D eigenvalue weighted by molar-refractivity contribution is 5.39. The monoisotopic (exact) mass is 620 g/mol. The number of para-hydroxylation sites is 1. The van der Waals surface area contributed by atoms with Crippen LogP contribution in [-0.4, -0.2) is 19.8 Å². The maximum atomic E-state index is 13.6. The van der Waals surface area contributed by atoms with E-state index in [0.29, 0.717) is 11.8 Å². The molecular weight excluding hydrogens is 567 g/mol. The second-order valence-corrected chi connectivity index (χ2v) is 14.3. The molecule has 0 saturated heterocycles. The molecule has 3 unspecified atom stereocenters. The summed E-state index contributed by atoms with van der Waals surface area (Å²) in [5, 5.41) is 0. The van der Waals surface area contributed by atoms with Gasteiger partial charge in [-0.3, -0.25) is 0 Å². The Hall–Kier alpha value is -3.17. The second kappa shape index (κ2) is 16.1. The quantitative estimate of drug-likeness (QED) is 0.148. The normalized spacial score (nSPS) is 24.6. The van der Waals surface area contributed by atoms with Gasteiger partial charge >= 0.3 is 0 Å². The summed E-state index contributed by atoms with van der Waals surface area (Å²) in [6.45, 7) is 3.06. The number of halogens is 1. The molecule has 0 spiro atoms. The molecule has 244 valence electrons. The highest BCUT2D eigenvalue weighted by Gasteiger charge is 2.29. The van der Waals surface area contributed by atoms with E-state index in [2.05, 4.69) is 67.6 Å². The van der Waals surface area contributed by atoms with E-state index in [0.717, 1.165) is 62.7 Å². The third kappa shape index (κ3) is 8.79. The van der Waals surface area contributed by atoms with Crippen molar-refractivity contribution in [2.45, 2.75) is 102 Å². The fourth-order valence-electron chi connectivity index (χ4n) is 8.45. The molecule has 1 fully saturated rings. The van der Waals surface area contributed by atoms with Crippen molar-refractivity contribution in [1.82, 2.24) is 0 Å². The topological polar surface area (TPSA) is 18.5 Å². The minimum atomic E-state index is -0.153. The van der Waals surface area contributed by atoms with E-state index < -0.39 is 0 Å². The summed E-state index contributed by atoms with van der Waals surface area (Å²) in [4.78, 5) is 0. The minimum absolute atomic E-state index is 0.153. The number of hydrogen-bond donors (Lipinski definition) is 0. The number of ether oxygens (including phenoxy) is 2. The Morgan fingerprint density at radius 1 is 0.848 bits per heavy atom. The molecule has 0 amide bonds. The summed E-state index contributed by atoms with van der Waals surface area (Å²) in [5.74, 6) is 3.54. The third-order valence-electron chi connectivity index (χ3n) is 11.0. The van der Waals surface area contributed by atoms with Crippen LogP contribution in [0.3, 0.4) is 0 Å². The Kier molecular flexibility index (Phi) is 11.5. The molecule has 0 aliphatic heterocycles. The Balaban J connectivity index is 0.964. The number of fused-ring (bicyclic) bond motifs is 1. The number of methoxy groups -OCH3 is 1. The zero-order valence-electron chi connectivity index (χ0n) is 28.1. The van der Waals surface area contributed by atoms with E-state index >= 15 is 0 Å². The van der Waals surface area contributed by atoms with Crippen LogP contribution in [0.15, 0.2) is 90.5 Å². The van der Waals surface area contributed by atoms with Crippen LogP contribution in [0, 0.1) is 30.5 Å². The SMILES string of the molecule is COc1ccccc1CC1CCC(CCCOC2C=CC(CC3c4ccc(C)cc4CCCC3Cc3ccc(F)cc3)=CC2)CC1. The van der Waals surface area contributed by atoms with Crippen LogP contribution < -0.4 is 4.74 Å². The van der Waals surface area contributed by atoms with E-state index in [1.165, 1.54) is 78.3 Å². The van der Waals surface area contributed by atoms with Gasteiger partial charge in [0.2, 0.25) is 0 Å². The molecule has 0 N–H and O–H groups in total. The average Bonchev–Trinajstić information content (AvgIpc) is 3.24. The molecule has 6 rings (SSSR count). The van der Waals surface area contributed by atoms with Crippen LogP contribution in [0.25, 0.3) is 0 Å². The molecule has 2 nitrogen and oxygen atoms in total. The van der Waals surface area contributed by atoms with Gasteiger partial charge in [-0.05, 0) is 142 Å². The Morgan fingerprint density at radius 2 is 1.65 bits per heavy atom. The first-order valence-corrected chi connectivity index (χ1v) is 18.0. The van der Waals surface area contributed by atoms with Crippen molar-refractivity contribution in [3.8, 4) is 5.75 Å². The fraction of sp³-hybridized carbons (Fsp3) is 0.488. The summed E-state index contributed by atoms with van der Waals surface area (Å²) < 4.78 is 25.6. The molecule has 0 heterocycles. The van der Waals surface area contributed by atoms with Gasteiger partial charge in [0.05, 0.1) is 13.2 Å². The van der Waals surface area contributed by atoms with E-state index in [1.807, 2.05) is 12.1 Å². The van der Waals surface area contributed by atoms with Crippen LogP contribution in [-0.2, 0) is 24.0 Å². The number of rotatable bonds is 12. The molecule has 3 aliphatic carbocycles. The van der Waals surface area contributed by atoms with Gasteiger partial charge in [0.15, 0.2) is 0 Å². The van der Waals surface area contributed by atoms with Gasteiger partial charge in [-0.1, -0.05) is 90.7 Å². The summed E-state index contributed by atoms with van der Waals surface area (Å²) >= 11 is 0. The maximum Gasteiger partial charge on any atom is 0.123 e. The minimum Gasteiger partial charge on any atom is -0.496 e. The lowest BCUT2D eigenvalue weighted by Gasteiger charge is -2.29. The lowest BCUT2D eigenvalue weighted by Crippen LogP contribution is -2.18. The van der Waals surface area contributed by atoms with Gasteiger partial charge < -0.3 is 9.47 Å². The summed E-state index contributed by atoms with van der Waals surface area (Å²) in [6, 6.07) is 22.8. The van der Waals surface area contributed by atoms with E-state index in [1.54, 1.807) is 19.2 Å². The largest absolute Gasteiger partial charge is 0.496 e. The number of hydrogen-bond acceptors (Lipinski definition) is 2. The zero-order chi connectivity index (χ0) is 31.7. The third-order valence-corrected chi connectivity index (χ3v) is 11.0. The molecule has 1 saturated carbocycles. The first-order chi connectivity index (χ1) is 22.5. The summed E-state index contributed by atoms with van der Waals surface area (Å²) in [7, 11) is 1.78. The van der Waals surface area contributed by atoms with Gasteiger partial charge in [0.1, 0.15) is 11.6 Å². The number of benzene rings is 3. The van der Waals surface area contributed by atoms with Gasteiger partial charge in [-0.2, -0.15) is 0 Å². The van der Waals surface area contributed by atoms with Gasteiger partial charge in [0, 0.05) is 6.61 Å². The summed E-state index contributed by atoms with van der Waals surface area (Å²) in [6.07, 6.45) is 22.8. The predicted octanol–water partition coefficient (Wildman–Crippen LogP) is 10.9. The van der Waals surface area contributed by atoms with Crippen molar-refractivity contribution in [2.75, 3.05) is 13.7 Å². The molecule has 3 heteroatoms. The molecule has 46 heavy (non-hydrogen) atoms. The Morgan fingerprint density at radius 3 is 2.43 bits per heavy atom. The zero-order valence-corrected chi connectivity index (χ0v) is 28.1. The second-order valence-electron chi connectivity index (χ2n) is 14.3. The number of allylic oxidation sites excluding steroid dienone is 2. The summed E-state index contributed by atoms with van der Waals surface area (Å²) in [5.41, 5.74) is 8.44. The maximum absolute atomic E-state index is 13.6. The first-order valence-electron chi connectivity index (χ1n) is 18.0. The molecule has 3 aromatic carbocycles. The van der Waals surface area contributed by atoms with Crippen molar-refractivity contribution in [3.63, 3.8) is 0 Å². The van der Waals surface area contributed by atoms with Crippen molar-refractivity contribution in [3.05, 3.63) is 124 Å². The molecule has 3 aliphatic rings. The first kappa shape index (κ1) is 32.8. The van der Waals surface area contributed by atoms with Crippen molar-refractivity contribution in [1.29, 1.82) is 0 Å². The molecule has 3 aromatic rings. The Bertz CT molecular complexity index is 1460. The molecule has 0 radical (unpaired) electrons. The van der Waals surface area contributed by atoms with Gasteiger partial charge in [-0.15, -0.1) is 0 Å². The lowest BCUT2D eigenvalue weighted by molar-refractivity contribution is 0.0786. The van der Waals surface area contributed by atoms with E-state index in [4.69, 9.17) is 9.47 Å². The van der Waals surface area contributed by atoms with Crippen LogP contribution >= 0.6 is 0 Å². The van der Waals surface area contributed by atoms with Crippen molar-refractivity contribution in [2.24, 2.45) is 17.8 Å². The Labute approximate surface area is 277 Å². The van der Waals surface area contributed by atoms with Crippen LogP contribution in [0.2, 0.25) is 0 Å². The number of aryl methyl sites for hydroxylation is 2. The van der Waals surface area contributed by atoms with Crippen LogP contribution in [0.4, 0.5) is 4.39 Å². The van der Waals surface area contributed by atoms with Crippen LogP contribution in [0.1, 0.15) is 97.9 Å². The molecule has 0 bridgehead atoms. The van der Waals surface area contributed by atoms with Crippen LogP contribution in [0.5, 0.6) is 5.75 Å². The van der Waals surface area contributed by atoms with Gasteiger partial charge in [0.25, 0.3) is 0 Å². The van der Waals surface area contributed by atoms with Crippen molar-refractivity contribution < 1.29 is 13.9 Å². The standard InChI is InChI=1S/C43H53FO2/c1-31-12-25-41-36(27-31)9-5-10-37(28-34-17-21-39(44)22-18-34)42(41)30-35-19-23-40(24-20-35)46-26-6-7-32-13-15-33(16-14-32)29-38-8-3-4-11-43(38)45-2/h3-4,8,11-12,17-23,25,27,32-33,37,40,42H,5-7,9-10,13-16,24,26,28-30H2,1-2H3. The smallest absolute Gasteiger partial charge is 0.123 e. The fourth-order valence-corrected chi connectivity index (χ4v) is 8.45. The molecule has 0 aromatic heterocycles. The highest BCUT2D eigenvalue weighted by atomic mass is 19.1. The van der Waals surface area contributed by atoms with Gasteiger partial charge in [-0.25, -0.2) is 4.39 Å². The lowest BCUT2D eigenvalue weighted by atomic mass is 9.76. The average molecular weight is 621 g/mol.